The van der Waals surface area contributed by atoms with Crippen LogP contribution in [0.15, 0.2) is 30.9 Å². The predicted octanol–water partition coefficient (Wildman–Crippen LogP) is 4.03. The molecule has 0 spiro atoms. The Morgan fingerprint density at radius 3 is 2.57 bits per heavy atom. The summed E-state index contributed by atoms with van der Waals surface area (Å²) < 4.78 is 25.6. The molecular formula is C12H14F2. The second-order valence-corrected chi connectivity index (χ2v) is 3.30. The van der Waals surface area contributed by atoms with Gasteiger partial charge in [0.25, 0.3) is 0 Å². The Bertz CT molecular complexity index is 318. The first-order valence-corrected chi connectivity index (χ1v) is 4.74. The fourth-order valence-electron chi connectivity index (χ4n) is 1.51. The molecule has 1 aromatic rings. The summed E-state index contributed by atoms with van der Waals surface area (Å²) in [5, 5.41) is 0. The van der Waals surface area contributed by atoms with Crippen molar-refractivity contribution in [3.63, 3.8) is 0 Å². The third-order valence-corrected chi connectivity index (χ3v) is 2.36. The molecule has 0 aliphatic heterocycles. The highest BCUT2D eigenvalue weighted by molar-refractivity contribution is 5.22. The zero-order valence-corrected chi connectivity index (χ0v) is 8.26. The first-order chi connectivity index (χ1) is 6.69. The molecule has 76 valence electrons. The fourth-order valence-corrected chi connectivity index (χ4v) is 1.51. The van der Waals surface area contributed by atoms with Gasteiger partial charge in [-0.05, 0) is 36.5 Å². The number of hydrogen-bond donors (Lipinski definition) is 0. The number of halogens is 2. The van der Waals surface area contributed by atoms with E-state index in [1.807, 2.05) is 6.92 Å². The molecule has 0 fully saturated rings. The Labute approximate surface area is 83.3 Å². The topological polar surface area (TPSA) is 0 Å². The van der Waals surface area contributed by atoms with E-state index in [2.05, 4.69) is 6.58 Å². The minimum absolute atomic E-state index is 0.239. The molecule has 1 rings (SSSR count). The normalized spacial score (nSPS) is 12.5. The van der Waals surface area contributed by atoms with E-state index in [1.165, 1.54) is 12.1 Å². The van der Waals surface area contributed by atoms with Crippen molar-refractivity contribution in [2.24, 2.45) is 0 Å². The van der Waals surface area contributed by atoms with Gasteiger partial charge in [-0.3, -0.25) is 0 Å². The van der Waals surface area contributed by atoms with Crippen LogP contribution < -0.4 is 0 Å². The van der Waals surface area contributed by atoms with E-state index in [0.29, 0.717) is 0 Å². The molecule has 0 aliphatic rings. The van der Waals surface area contributed by atoms with Gasteiger partial charge in [0, 0.05) is 0 Å². The molecule has 0 saturated heterocycles. The predicted molar refractivity (Wildman–Crippen MR) is 54.2 cm³/mol. The zero-order valence-electron chi connectivity index (χ0n) is 8.26. The van der Waals surface area contributed by atoms with Crippen molar-refractivity contribution in [3.8, 4) is 0 Å². The Balaban J connectivity index is 2.93. The lowest BCUT2D eigenvalue weighted by Gasteiger charge is -2.12. The van der Waals surface area contributed by atoms with Gasteiger partial charge in [0.05, 0.1) is 0 Å². The summed E-state index contributed by atoms with van der Waals surface area (Å²) in [6, 6.07) is 4.08. The Hall–Kier alpha value is -1.18. The molecule has 1 unspecified atom stereocenters. The van der Waals surface area contributed by atoms with Gasteiger partial charge >= 0.3 is 0 Å². The van der Waals surface area contributed by atoms with Gasteiger partial charge < -0.3 is 0 Å². The monoisotopic (exact) mass is 196 g/mol. The molecular weight excluding hydrogens is 182 g/mol. The van der Waals surface area contributed by atoms with Crippen molar-refractivity contribution in [3.05, 3.63) is 48.1 Å². The minimum atomic E-state index is -0.790. The summed E-state index contributed by atoms with van der Waals surface area (Å²) in [5.74, 6) is -1.32. The standard InChI is InChI=1S/C12H14F2/c1-3-5-9(4-2)10-6-7-11(13)12(14)8-10/h3,6-9H,1,4-5H2,2H3. The Morgan fingerprint density at radius 2 is 2.07 bits per heavy atom. The highest BCUT2D eigenvalue weighted by Gasteiger charge is 2.10. The molecule has 0 aliphatic carbocycles. The van der Waals surface area contributed by atoms with Gasteiger partial charge in [0.15, 0.2) is 11.6 Å². The van der Waals surface area contributed by atoms with Crippen LogP contribution in [-0.2, 0) is 0 Å². The number of allylic oxidation sites excluding steroid dienone is 1. The SMILES string of the molecule is C=CCC(CC)c1ccc(F)c(F)c1. The maximum Gasteiger partial charge on any atom is 0.159 e. The van der Waals surface area contributed by atoms with E-state index in [1.54, 1.807) is 12.1 Å². The van der Waals surface area contributed by atoms with Crippen molar-refractivity contribution in [1.29, 1.82) is 0 Å². The first-order valence-electron chi connectivity index (χ1n) is 4.74. The smallest absolute Gasteiger partial charge is 0.159 e. The van der Waals surface area contributed by atoms with E-state index < -0.39 is 11.6 Å². The summed E-state index contributed by atoms with van der Waals surface area (Å²) >= 11 is 0. The maximum absolute atomic E-state index is 12.9. The Kier molecular flexibility index (Phi) is 3.81. The molecule has 0 bridgehead atoms. The quantitative estimate of drug-likeness (QED) is 0.638. The third kappa shape index (κ3) is 2.41. The van der Waals surface area contributed by atoms with Crippen LogP contribution >= 0.6 is 0 Å². The van der Waals surface area contributed by atoms with Crippen molar-refractivity contribution in [2.75, 3.05) is 0 Å². The average molecular weight is 196 g/mol. The van der Waals surface area contributed by atoms with Crippen LogP contribution in [0.25, 0.3) is 0 Å². The molecule has 0 N–H and O–H groups in total. The number of hydrogen-bond acceptors (Lipinski definition) is 0. The van der Waals surface area contributed by atoms with Crippen molar-refractivity contribution in [2.45, 2.75) is 25.7 Å². The highest BCUT2D eigenvalue weighted by Crippen LogP contribution is 2.24. The first kappa shape index (κ1) is 10.9. The minimum Gasteiger partial charge on any atom is -0.204 e. The summed E-state index contributed by atoms with van der Waals surface area (Å²) in [4.78, 5) is 0. The van der Waals surface area contributed by atoms with Gasteiger partial charge in [-0.15, -0.1) is 6.58 Å². The van der Waals surface area contributed by atoms with Crippen LogP contribution in [0.3, 0.4) is 0 Å². The molecule has 14 heavy (non-hydrogen) atoms. The van der Waals surface area contributed by atoms with Crippen LogP contribution in [0.1, 0.15) is 31.2 Å². The molecule has 0 amide bonds. The molecule has 0 saturated carbocycles. The molecule has 0 heterocycles. The fraction of sp³-hybridized carbons (Fsp3) is 0.333. The van der Waals surface area contributed by atoms with E-state index in [-0.39, 0.29) is 5.92 Å². The lowest BCUT2D eigenvalue weighted by Crippen LogP contribution is -1.97. The number of benzene rings is 1. The molecule has 2 heteroatoms. The molecule has 1 atom stereocenters. The van der Waals surface area contributed by atoms with Gasteiger partial charge in [-0.2, -0.15) is 0 Å². The largest absolute Gasteiger partial charge is 0.204 e. The van der Waals surface area contributed by atoms with E-state index in [4.69, 9.17) is 0 Å². The van der Waals surface area contributed by atoms with Gasteiger partial charge in [-0.1, -0.05) is 19.1 Å². The summed E-state index contributed by atoms with van der Waals surface area (Å²) in [6.07, 6.45) is 3.49. The third-order valence-electron chi connectivity index (χ3n) is 2.36. The molecule has 0 aromatic heterocycles. The van der Waals surface area contributed by atoms with Gasteiger partial charge in [-0.25, -0.2) is 8.78 Å². The molecule has 1 aromatic carbocycles. The average Bonchev–Trinajstić information content (AvgIpc) is 2.19. The van der Waals surface area contributed by atoms with Crippen LogP contribution in [0.2, 0.25) is 0 Å². The lowest BCUT2D eigenvalue weighted by atomic mass is 9.93. The summed E-state index contributed by atoms with van der Waals surface area (Å²) in [5.41, 5.74) is 0.839. The van der Waals surface area contributed by atoms with Crippen molar-refractivity contribution >= 4 is 0 Å². The van der Waals surface area contributed by atoms with Gasteiger partial charge in [0.1, 0.15) is 0 Å². The molecule has 0 radical (unpaired) electrons. The van der Waals surface area contributed by atoms with Crippen LogP contribution in [0.4, 0.5) is 8.78 Å². The second kappa shape index (κ2) is 4.89. The molecule has 0 nitrogen and oxygen atoms in total. The summed E-state index contributed by atoms with van der Waals surface area (Å²) in [7, 11) is 0. The van der Waals surface area contributed by atoms with E-state index in [9.17, 15) is 8.78 Å². The lowest BCUT2D eigenvalue weighted by molar-refractivity contribution is 0.504. The summed E-state index contributed by atoms with van der Waals surface area (Å²) in [6.45, 7) is 5.67. The maximum atomic E-state index is 12.9. The van der Waals surface area contributed by atoms with Gasteiger partial charge in [0.2, 0.25) is 0 Å². The van der Waals surface area contributed by atoms with Crippen LogP contribution in [0.5, 0.6) is 0 Å². The highest BCUT2D eigenvalue weighted by atomic mass is 19.2. The van der Waals surface area contributed by atoms with Crippen LogP contribution in [0, 0.1) is 11.6 Å². The van der Waals surface area contributed by atoms with Crippen molar-refractivity contribution in [1.82, 2.24) is 0 Å². The van der Waals surface area contributed by atoms with Crippen molar-refractivity contribution < 1.29 is 8.78 Å². The van der Waals surface area contributed by atoms with Crippen LogP contribution in [-0.4, -0.2) is 0 Å². The second-order valence-electron chi connectivity index (χ2n) is 3.30. The number of rotatable bonds is 4. The Morgan fingerprint density at radius 1 is 1.36 bits per heavy atom. The van der Waals surface area contributed by atoms with E-state index in [0.717, 1.165) is 18.4 Å². The van der Waals surface area contributed by atoms with E-state index >= 15 is 0 Å². The zero-order chi connectivity index (χ0) is 10.6.